The minimum atomic E-state index is -0.695. The molecule has 1 aromatic rings. The van der Waals surface area contributed by atoms with E-state index in [9.17, 15) is 9.59 Å². The lowest BCUT2D eigenvalue weighted by atomic mass is 10.0. The van der Waals surface area contributed by atoms with Crippen molar-refractivity contribution in [1.29, 1.82) is 0 Å². The Labute approximate surface area is 113 Å². The first-order valence-electron chi connectivity index (χ1n) is 6.21. The average Bonchev–Trinajstić information content (AvgIpc) is 2.36. The number of benzene rings is 1. The summed E-state index contributed by atoms with van der Waals surface area (Å²) in [5, 5.41) is 2.44. The van der Waals surface area contributed by atoms with E-state index < -0.39 is 11.9 Å². The normalized spacial score (nSPS) is 12.0. The van der Waals surface area contributed by atoms with Crippen LogP contribution in [-0.2, 0) is 9.59 Å². The predicted octanol–water partition coefficient (Wildman–Crippen LogP) is 1.18. The molecule has 5 heteroatoms. The SMILES string of the molecule is CC(NC(=O)COc1ccc(C(C)C)cc1)C(N)=O. The Morgan fingerprint density at radius 2 is 1.79 bits per heavy atom. The van der Waals surface area contributed by atoms with Gasteiger partial charge in [-0.05, 0) is 30.5 Å². The summed E-state index contributed by atoms with van der Waals surface area (Å²) in [5.41, 5.74) is 6.25. The maximum atomic E-state index is 11.5. The van der Waals surface area contributed by atoms with Crippen molar-refractivity contribution in [3.05, 3.63) is 29.8 Å². The number of amides is 2. The van der Waals surface area contributed by atoms with Gasteiger partial charge in [0.2, 0.25) is 5.91 Å². The molecule has 1 aromatic carbocycles. The Balaban J connectivity index is 2.44. The third kappa shape index (κ3) is 4.99. The Morgan fingerprint density at radius 3 is 2.26 bits per heavy atom. The predicted molar refractivity (Wildman–Crippen MR) is 72.8 cm³/mol. The second-order valence-electron chi connectivity index (χ2n) is 4.70. The highest BCUT2D eigenvalue weighted by Crippen LogP contribution is 2.18. The molecule has 5 nitrogen and oxygen atoms in total. The molecule has 0 saturated heterocycles. The van der Waals surface area contributed by atoms with Crippen LogP contribution in [0, 0.1) is 0 Å². The van der Waals surface area contributed by atoms with Gasteiger partial charge >= 0.3 is 0 Å². The van der Waals surface area contributed by atoms with E-state index >= 15 is 0 Å². The molecular formula is C14H20N2O3. The van der Waals surface area contributed by atoms with Crippen LogP contribution in [0.3, 0.4) is 0 Å². The summed E-state index contributed by atoms with van der Waals surface area (Å²) in [7, 11) is 0. The van der Waals surface area contributed by atoms with Gasteiger partial charge in [0.15, 0.2) is 6.61 Å². The maximum absolute atomic E-state index is 11.5. The third-order valence-corrected chi connectivity index (χ3v) is 2.72. The van der Waals surface area contributed by atoms with Gasteiger partial charge in [-0.3, -0.25) is 9.59 Å². The van der Waals surface area contributed by atoms with E-state index in [2.05, 4.69) is 19.2 Å². The monoisotopic (exact) mass is 264 g/mol. The second-order valence-corrected chi connectivity index (χ2v) is 4.70. The minimum absolute atomic E-state index is 0.140. The van der Waals surface area contributed by atoms with Crippen molar-refractivity contribution in [1.82, 2.24) is 5.32 Å². The topological polar surface area (TPSA) is 81.4 Å². The summed E-state index contributed by atoms with van der Waals surface area (Å²) in [5.74, 6) is 0.119. The number of carbonyl (C=O) groups excluding carboxylic acids is 2. The van der Waals surface area contributed by atoms with E-state index in [4.69, 9.17) is 10.5 Å². The molecule has 0 heterocycles. The molecule has 1 atom stereocenters. The highest BCUT2D eigenvalue weighted by Gasteiger charge is 2.12. The lowest BCUT2D eigenvalue weighted by molar-refractivity contribution is -0.128. The van der Waals surface area contributed by atoms with Crippen LogP contribution in [-0.4, -0.2) is 24.5 Å². The van der Waals surface area contributed by atoms with Crippen molar-refractivity contribution < 1.29 is 14.3 Å². The zero-order chi connectivity index (χ0) is 14.4. The number of nitrogens with one attached hydrogen (secondary N) is 1. The second kappa shape index (κ2) is 6.78. The molecule has 2 amide bonds. The Morgan fingerprint density at radius 1 is 1.21 bits per heavy atom. The van der Waals surface area contributed by atoms with Crippen LogP contribution >= 0.6 is 0 Å². The summed E-state index contributed by atoms with van der Waals surface area (Å²) in [4.78, 5) is 22.2. The molecular weight excluding hydrogens is 244 g/mol. The summed E-state index contributed by atoms with van der Waals surface area (Å²) in [6, 6.07) is 6.87. The first-order valence-corrected chi connectivity index (χ1v) is 6.21. The molecule has 0 fully saturated rings. The van der Waals surface area contributed by atoms with E-state index in [1.54, 1.807) is 0 Å². The number of carbonyl (C=O) groups is 2. The minimum Gasteiger partial charge on any atom is -0.484 e. The Kier molecular flexibility index (Phi) is 5.36. The van der Waals surface area contributed by atoms with Crippen LogP contribution in [0.5, 0.6) is 5.75 Å². The van der Waals surface area contributed by atoms with Gasteiger partial charge in [-0.2, -0.15) is 0 Å². The van der Waals surface area contributed by atoms with Crippen LogP contribution in [0.15, 0.2) is 24.3 Å². The van der Waals surface area contributed by atoms with Crippen molar-refractivity contribution in [2.45, 2.75) is 32.7 Å². The fraction of sp³-hybridized carbons (Fsp3) is 0.429. The average molecular weight is 264 g/mol. The molecule has 0 aliphatic heterocycles. The van der Waals surface area contributed by atoms with E-state index in [0.29, 0.717) is 11.7 Å². The van der Waals surface area contributed by atoms with Crippen LogP contribution in [0.25, 0.3) is 0 Å². The van der Waals surface area contributed by atoms with Crippen molar-refractivity contribution in [3.8, 4) is 5.75 Å². The fourth-order valence-corrected chi connectivity index (χ4v) is 1.45. The summed E-state index contributed by atoms with van der Waals surface area (Å²) in [6.45, 7) is 5.60. The number of rotatable bonds is 6. The van der Waals surface area contributed by atoms with E-state index in [0.717, 1.165) is 0 Å². The molecule has 0 aromatic heterocycles. The summed E-state index contributed by atoms with van der Waals surface area (Å²) in [6.07, 6.45) is 0. The van der Waals surface area contributed by atoms with Crippen molar-refractivity contribution in [3.63, 3.8) is 0 Å². The quantitative estimate of drug-likeness (QED) is 0.809. The Hall–Kier alpha value is -2.04. The molecule has 0 aliphatic rings. The van der Waals surface area contributed by atoms with Crippen LogP contribution in [0.2, 0.25) is 0 Å². The maximum Gasteiger partial charge on any atom is 0.258 e. The summed E-state index contributed by atoms with van der Waals surface area (Å²) < 4.78 is 5.32. The number of ether oxygens (including phenoxy) is 1. The van der Waals surface area contributed by atoms with Gasteiger partial charge in [0, 0.05) is 0 Å². The Bertz CT molecular complexity index is 441. The highest BCUT2D eigenvalue weighted by molar-refractivity contribution is 5.86. The lowest BCUT2D eigenvalue weighted by Crippen LogP contribution is -2.44. The largest absolute Gasteiger partial charge is 0.484 e. The van der Waals surface area contributed by atoms with Gasteiger partial charge in [0.25, 0.3) is 5.91 Å². The molecule has 1 rings (SSSR count). The van der Waals surface area contributed by atoms with E-state index in [1.165, 1.54) is 12.5 Å². The third-order valence-electron chi connectivity index (χ3n) is 2.72. The first-order chi connectivity index (χ1) is 8.90. The highest BCUT2D eigenvalue weighted by atomic mass is 16.5. The molecule has 3 N–H and O–H groups in total. The van der Waals surface area contributed by atoms with Crippen LogP contribution in [0.1, 0.15) is 32.3 Å². The number of nitrogens with two attached hydrogens (primary N) is 1. The molecule has 0 spiro atoms. The standard InChI is InChI=1S/C14H20N2O3/c1-9(2)11-4-6-12(7-5-11)19-8-13(17)16-10(3)14(15)18/h4-7,9-10H,8H2,1-3H3,(H2,15,18)(H,16,17). The number of hydrogen-bond acceptors (Lipinski definition) is 3. The van der Waals surface area contributed by atoms with Crippen molar-refractivity contribution >= 4 is 11.8 Å². The lowest BCUT2D eigenvalue weighted by Gasteiger charge is -2.11. The number of hydrogen-bond donors (Lipinski definition) is 2. The number of primary amides is 1. The van der Waals surface area contributed by atoms with Gasteiger partial charge in [-0.15, -0.1) is 0 Å². The van der Waals surface area contributed by atoms with Crippen molar-refractivity contribution in [2.75, 3.05) is 6.61 Å². The van der Waals surface area contributed by atoms with Crippen LogP contribution < -0.4 is 15.8 Å². The van der Waals surface area contributed by atoms with E-state index in [-0.39, 0.29) is 12.5 Å². The summed E-state index contributed by atoms with van der Waals surface area (Å²) >= 11 is 0. The van der Waals surface area contributed by atoms with Gasteiger partial charge in [-0.25, -0.2) is 0 Å². The fourth-order valence-electron chi connectivity index (χ4n) is 1.45. The molecule has 0 aliphatic carbocycles. The van der Waals surface area contributed by atoms with Crippen molar-refractivity contribution in [2.24, 2.45) is 5.73 Å². The van der Waals surface area contributed by atoms with Gasteiger partial charge in [0.05, 0.1) is 0 Å². The molecule has 0 saturated carbocycles. The van der Waals surface area contributed by atoms with Gasteiger partial charge < -0.3 is 15.8 Å². The molecule has 19 heavy (non-hydrogen) atoms. The molecule has 0 radical (unpaired) electrons. The molecule has 104 valence electrons. The first kappa shape index (κ1) is 15.0. The zero-order valence-electron chi connectivity index (χ0n) is 11.5. The zero-order valence-corrected chi connectivity index (χ0v) is 11.5. The smallest absolute Gasteiger partial charge is 0.258 e. The van der Waals surface area contributed by atoms with E-state index in [1.807, 2.05) is 24.3 Å². The van der Waals surface area contributed by atoms with Gasteiger partial charge in [0.1, 0.15) is 11.8 Å². The van der Waals surface area contributed by atoms with Gasteiger partial charge in [-0.1, -0.05) is 26.0 Å². The molecule has 0 bridgehead atoms. The van der Waals surface area contributed by atoms with Crippen LogP contribution in [0.4, 0.5) is 0 Å². The molecule has 1 unspecified atom stereocenters.